The number of fused-ring (bicyclic) bond motifs is 1. The van der Waals surface area contributed by atoms with Crippen LogP contribution in [0.15, 0.2) is 18.2 Å². The van der Waals surface area contributed by atoms with Gasteiger partial charge >= 0.3 is 0 Å². The van der Waals surface area contributed by atoms with Gasteiger partial charge in [-0.05, 0) is 19.4 Å². The van der Waals surface area contributed by atoms with E-state index in [1.807, 2.05) is 12.1 Å². The fourth-order valence-electron chi connectivity index (χ4n) is 2.07. The third-order valence-electron chi connectivity index (χ3n) is 2.75. The molecule has 1 aliphatic heterocycles. The molecule has 0 saturated carbocycles. The van der Waals surface area contributed by atoms with Crippen molar-refractivity contribution < 1.29 is 14.4 Å². The number of carbonyl (C=O) groups excluding carboxylic acids is 1. The van der Waals surface area contributed by atoms with Crippen LogP contribution in [0.25, 0.3) is 0 Å². The molecule has 1 heterocycles. The van der Waals surface area contributed by atoms with Crippen molar-refractivity contribution in [3.8, 4) is 5.75 Å². The van der Waals surface area contributed by atoms with Crippen molar-refractivity contribution in [3.63, 3.8) is 0 Å². The Kier molecular flexibility index (Phi) is 3.54. The van der Waals surface area contributed by atoms with Crippen molar-refractivity contribution in [2.45, 2.75) is 32.4 Å². The zero-order chi connectivity index (χ0) is 13.2. The Balaban J connectivity index is 1.99. The number of carbonyl (C=O) groups is 1. The van der Waals surface area contributed by atoms with Crippen molar-refractivity contribution in [3.05, 3.63) is 29.3 Å². The van der Waals surface area contributed by atoms with Crippen molar-refractivity contribution >= 4 is 5.91 Å². The van der Waals surface area contributed by atoms with Gasteiger partial charge in [-0.3, -0.25) is 9.63 Å². The SMILES string of the molecule is CC1(C)Cc2cccc(CNOCC(N)=O)c2O1. The van der Waals surface area contributed by atoms with Gasteiger partial charge in [-0.2, -0.15) is 5.48 Å². The Morgan fingerprint density at radius 2 is 2.33 bits per heavy atom. The van der Waals surface area contributed by atoms with E-state index in [0.29, 0.717) is 6.54 Å². The number of amides is 1. The lowest BCUT2D eigenvalue weighted by atomic mass is 10.0. The van der Waals surface area contributed by atoms with Gasteiger partial charge in [0.2, 0.25) is 5.91 Å². The number of rotatable bonds is 5. The summed E-state index contributed by atoms with van der Waals surface area (Å²) in [5.74, 6) is 0.413. The topological polar surface area (TPSA) is 73.6 Å². The van der Waals surface area contributed by atoms with Gasteiger partial charge in [0.15, 0.2) is 0 Å². The molecule has 2 rings (SSSR count). The molecule has 1 amide bonds. The van der Waals surface area contributed by atoms with Crippen LogP contribution in [0.5, 0.6) is 5.75 Å². The quantitative estimate of drug-likeness (QED) is 0.601. The van der Waals surface area contributed by atoms with Crippen molar-refractivity contribution in [2.24, 2.45) is 5.73 Å². The minimum absolute atomic E-state index is 0.138. The summed E-state index contributed by atoms with van der Waals surface area (Å²) in [4.78, 5) is 15.4. The predicted molar refractivity (Wildman–Crippen MR) is 66.8 cm³/mol. The first-order valence-corrected chi connectivity index (χ1v) is 5.91. The number of nitrogens with two attached hydrogens (primary N) is 1. The molecule has 5 nitrogen and oxygen atoms in total. The fourth-order valence-corrected chi connectivity index (χ4v) is 2.07. The maximum absolute atomic E-state index is 10.5. The summed E-state index contributed by atoms with van der Waals surface area (Å²) >= 11 is 0. The molecule has 0 fully saturated rings. The fraction of sp³-hybridized carbons (Fsp3) is 0.462. The number of hydrogen-bond acceptors (Lipinski definition) is 4. The van der Waals surface area contributed by atoms with Gasteiger partial charge in [-0.15, -0.1) is 0 Å². The van der Waals surface area contributed by atoms with Gasteiger partial charge in [0.1, 0.15) is 18.0 Å². The van der Waals surface area contributed by atoms with Crippen molar-refractivity contribution in [2.75, 3.05) is 6.61 Å². The highest BCUT2D eigenvalue weighted by Gasteiger charge is 2.31. The smallest absolute Gasteiger partial charge is 0.245 e. The van der Waals surface area contributed by atoms with E-state index in [2.05, 4.69) is 25.4 Å². The molecule has 1 aromatic carbocycles. The highest BCUT2D eigenvalue weighted by Crippen LogP contribution is 2.37. The Hall–Kier alpha value is -1.59. The second-order valence-corrected chi connectivity index (χ2v) is 5.02. The minimum Gasteiger partial charge on any atom is -0.487 e. The summed E-state index contributed by atoms with van der Waals surface area (Å²) in [6.45, 7) is 4.47. The highest BCUT2D eigenvalue weighted by molar-refractivity contribution is 5.74. The maximum Gasteiger partial charge on any atom is 0.245 e. The van der Waals surface area contributed by atoms with Gasteiger partial charge in [0.05, 0.1) is 0 Å². The molecule has 0 aromatic heterocycles. The second-order valence-electron chi connectivity index (χ2n) is 5.02. The number of nitrogens with one attached hydrogen (secondary N) is 1. The standard InChI is InChI=1S/C13H18N2O3/c1-13(2)6-9-4-3-5-10(12(9)18-13)7-15-17-8-11(14)16/h3-5,15H,6-8H2,1-2H3,(H2,14,16). The van der Waals surface area contributed by atoms with E-state index in [9.17, 15) is 4.79 Å². The van der Waals surface area contributed by atoms with E-state index in [1.54, 1.807) is 0 Å². The Morgan fingerprint density at radius 1 is 1.56 bits per heavy atom. The van der Waals surface area contributed by atoms with Crippen LogP contribution in [-0.2, 0) is 22.6 Å². The summed E-state index contributed by atoms with van der Waals surface area (Å²) in [6.07, 6.45) is 0.901. The van der Waals surface area contributed by atoms with Crippen LogP contribution >= 0.6 is 0 Å². The molecular weight excluding hydrogens is 232 g/mol. The van der Waals surface area contributed by atoms with Crippen LogP contribution in [-0.4, -0.2) is 18.1 Å². The average molecular weight is 250 g/mol. The van der Waals surface area contributed by atoms with E-state index < -0.39 is 5.91 Å². The summed E-state index contributed by atoms with van der Waals surface area (Å²) < 4.78 is 5.92. The number of benzene rings is 1. The normalized spacial score (nSPS) is 16.1. The van der Waals surface area contributed by atoms with Gasteiger partial charge in [0, 0.05) is 18.5 Å². The first-order chi connectivity index (χ1) is 8.48. The number of hydrogen-bond donors (Lipinski definition) is 2. The molecule has 0 radical (unpaired) electrons. The predicted octanol–water partition coefficient (Wildman–Crippen LogP) is 0.907. The molecule has 1 aliphatic rings. The largest absolute Gasteiger partial charge is 0.487 e. The second kappa shape index (κ2) is 4.96. The molecule has 0 saturated heterocycles. The molecule has 0 spiro atoms. The lowest BCUT2D eigenvalue weighted by molar-refractivity contribution is -0.125. The van der Waals surface area contributed by atoms with E-state index >= 15 is 0 Å². The third-order valence-corrected chi connectivity index (χ3v) is 2.75. The van der Waals surface area contributed by atoms with Crippen molar-refractivity contribution in [1.29, 1.82) is 0 Å². The summed E-state index contributed by atoms with van der Waals surface area (Å²) in [7, 11) is 0. The molecule has 3 N–H and O–H groups in total. The molecule has 0 unspecified atom stereocenters. The summed E-state index contributed by atoms with van der Waals surface area (Å²) in [6, 6.07) is 6.04. The lowest BCUT2D eigenvalue weighted by Gasteiger charge is -2.18. The van der Waals surface area contributed by atoms with Gasteiger partial charge in [-0.25, -0.2) is 0 Å². The molecule has 0 bridgehead atoms. The lowest BCUT2D eigenvalue weighted by Crippen LogP contribution is -2.26. The third kappa shape index (κ3) is 3.00. The molecular formula is C13H18N2O3. The number of hydroxylamine groups is 1. The highest BCUT2D eigenvalue weighted by atomic mass is 16.6. The Morgan fingerprint density at radius 3 is 3.06 bits per heavy atom. The molecule has 5 heteroatoms. The van der Waals surface area contributed by atoms with E-state index in [1.165, 1.54) is 5.56 Å². The van der Waals surface area contributed by atoms with Crippen LogP contribution in [0.2, 0.25) is 0 Å². The van der Waals surface area contributed by atoms with Crippen molar-refractivity contribution in [1.82, 2.24) is 5.48 Å². The number of para-hydroxylation sites is 1. The minimum atomic E-state index is -0.502. The van der Waals surface area contributed by atoms with Crippen LogP contribution in [0.4, 0.5) is 0 Å². The first-order valence-electron chi connectivity index (χ1n) is 5.91. The molecule has 1 aromatic rings. The van der Waals surface area contributed by atoms with E-state index in [0.717, 1.165) is 17.7 Å². The molecule has 98 valence electrons. The zero-order valence-corrected chi connectivity index (χ0v) is 10.7. The van der Waals surface area contributed by atoms with Crippen LogP contribution in [0, 0.1) is 0 Å². The maximum atomic E-state index is 10.5. The summed E-state index contributed by atoms with van der Waals surface area (Å²) in [5.41, 5.74) is 9.74. The zero-order valence-electron chi connectivity index (χ0n) is 10.7. The Bertz CT molecular complexity index is 458. The van der Waals surface area contributed by atoms with Gasteiger partial charge < -0.3 is 10.5 Å². The average Bonchev–Trinajstić information content (AvgIpc) is 2.58. The first kappa shape index (κ1) is 12.9. The molecule has 0 atom stereocenters. The summed E-state index contributed by atoms with van der Waals surface area (Å²) in [5, 5.41) is 0. The van der Waals surface area contributed by atoms with Gasteiger partial charge in [-0.1, -0.05) is 18.2 Å². The number of ether oxygens (including phenoxy) is 1. The van der Waals surface area contributed by atoms with Crippen LogP contribution in [0.1, 0.15) is 25.0 Å². The van der Waals surface area contributed by atoms with E-state index in [4.69, 9.17) is 15.3 Å². The van der Waals surface area contributed by atoms with Crippen LogP contribution in [0.3, 0.4) is 0 Å². The van der Waals surface area contributed by atoms with E-state index in [-0.39, 0.29) is 12.2 Å². The number of primary amides is 1. The molecule has 0 aliphatic carbocycles. The Labute approximate surface area is 106 Å². The molecule has 18 heavy (non-hydrogen) atoms. The van der Waals surface area contributed by atoms with Gasteiger partial charge in [0.25, 0.3) is 0 Å². The monoisotopic (exact) mass is 250 g/mol. The van der Waals surface area contributed by atoms with Crippen LogP contribution < -0.4 is 16.0 Å².